The Kier molecular flexibility index (Phi) is 5.68. The van der Waals surface area contributed by atoms with Crippen molar-refractivity contribution in [2.24, 2.45) is 4.99 Å². The van der Waals surface area contributed by atoms with Gasteiger partial charge in [-0.1, -0.05) is 37.3 Å². The van der Waals surface area contributed by atoms with Gasteiger partial charge in [-0.2, -0.15) is 0 Å². The van der Waals surface area contributed by atoms with Crippen LogP contribution in [0.5, 0.6) is 0 Å². The van der Waals surface area contributed by atoms with Gasteiger partial charge in [0.15, 0.2) is 0 Å². The van der Waals surface area contributed by atoms with E-state index in [1.165, 1.54) is 12.0 Å². The standard InChI is InChI=1S/C12H18N2/c1-2-8-13-9-10-14-11-12-6-4-3-5-7-12/h3-7,11,13H,2,8-10H2,1H3. The van der Waals surface area contributed by atoms with Crippen molar-refractivity contribution in [2.45, 2.75) is 13.3 Å². The fraction of sp³-hybridized carbons (Fsp3) is 0.417. The monoisotopic (exact) mass is 190 g/mol. The zero-order valence-electron chi connectivity index (χ0n) is 8.74. The Hall–Kier alpha value is -1.15. The number of rotatable bonds is 6. The molecule has 1 aromatic carbocycles. The summed E-state index contributed by atoms with van der Waals surface area (Å²) in [5, 5.41) is 3.31. The lowest BCUT2D eigenvalue weighted by Crippen LogP contribution is -2.18. The van der Waals surface area contributed by atoms with E-state index in [9.17, 15) is 0 Å². The molecule has 0 atom stereocenters. The van der Waals surface area contributed by atoms with E-state index in [4.69, 9.17) is 0 Å². The number of hydrogen-bond donors (Lipinski definition) is 1. The Morgan fingerprint density at radius 1 is 1.21 bits per heavy atom. The summed E-state index contributed by atoms with van der Waals surface area (Å²) < 4.78 is 0. The van der Waals surface area contributed by atoms with Crippen molar-refractivity contribution in [3.05, 3.63) is 35.9 Å². The van der Waals surface area contributed by atoms with Gasteiger partial charge in [-0.15, -0.1) is 0 Å². The minimum atomic E-state index is 0.856. The van der Waals surface area contributed by atoms with Crippen LogP contribution in [0.15, 0.2) is 35.3 Å². The van der Waals surface area contributed by atoms with Crippen molar-refractivity contribution in [3.8, 4) is 0 Å². The van der Waals surface area contributed by atoms with E-state index in [1.54, 1.807) is 0 Å². The molecule has 2 heteroatoms. The van der Waals surface area contributed by atoms with Gasteiger partial charge in [0.25, 0.3) is 0 Å². The van der Waals surface area contributed by atoms with Crippen LogP contribution in [-0.4, -0.2) is 25.8 Å². The SMILES string of the molecule is CCCNCCN=Cc1ccccc1. The molecule has 1 N–H and O–H groups in total. The van der Waals surface area contributed by atoms with Crippen LogP contribution in [0.25, 0.3) is 0 Å². The van der Waals surface area contributed by atoms with Crippen LogP contribution in [-0.2, 0) is 0 Å². The normalized spacial score (nSPS) is 10.9. The van der Waals surface area contributed by atoms with E-state index in [0.29, 0.717) is 0 Å². The molecule has 0 fully saturated rings. The van der Waals surface area contributed by atoms with Crippen molar-refractivity contribution >= 4 is 6.21 Å². The molecule has 2 nitrogen and oxygen atoms in total. The van der Waals surface area contributed by atoms with Gasteiger partial charge in [-0.05, 0) is 18.5 Å². The molecule has 0 spiro atoms. The van der Waals surface area contributed by atoms with Gasteiger partial charge < -0.3 is 5.32 Å². The van der Waals surface area contributed by atoms with Crippen molar-refractivity contribution in [2.75, 3.05) is 19.6 Å². The first-order valence-electron chi connectivity index (χ1n) is 5.19. The van der Waals surface area contributed by atoms with Gasteiger partial charge in [0.05, 0.1) is 6.54 Å². The molecule has 14 heavy (non-hydrogen) atoms. The van der Waals surface area contributed by atoms with Crippen LogP contribution in [0.4, 0.5) is 0 Å². The molecule has 0 bridgehead atoms. The van der Waals surface area contributed by atoms with Gasteiger partial charge >= 0.3 is 0 Å². The number of nitrogens with zero attached hydrogens (tertiary/aromatic N) is 1. The highest BCUT2D eigenvalue weighted by Crippen LogP contribution is 1.93. The van der Waals surface area contributed by atoms with E-state index < -0.39 is 0 Å². The maximum atomic E-state index is 4.33. The third-order valence-corrected chi connectivity index (χ3v) is 1.88. The van der Waals surface area contributed by atoms with E-state index in [0.717, 1.165) is 19.6 Å². The molecular formula is C12H18N2. The fourth-order valence-electron chi connectivity index (χ4n) is 1.15. The lowest BCUT2D eigenvalue weighted by atomic mass is 10.2. The predicted molar refractivity (Wildman–Crippen MR) is 62.1 cm³/mol. The Morgan fingerprint density at radius 2 is 2.00 bits per heavy atom. The summed E-state index contributed by atoms with van der Waals surface area (Å²) in [7, 11) is 0. The maximum Gasteiger partial charge on any atom is 0.0514 e. The maximum absolute atomic E-state index is 4.33. The third-order valence-electron chi connectivity index (χ3n) is 1.88. The summed E-state index contributed by atoms with van der Waals surface area (Å²) in [6.07, 6.45) is 3.11. The molecule has 1 rings (SSSR count). The zero-order valence-corrected chi connectivity index (χ0v) is 8.74. The second-order valence-corrected chi connectivity index (χ2v) is 3.20. The number of hydrogen-bond acceptors (Lipinski definition) is 2. The van der Waals surface area contributed by atoms with Crippen LogP contribution in [0.3, 0.4) is 0 Å². The van der Waals surface area contributed by atoms with Crippen molar-refractivity contribution in [1.82, 2.24) is 5.32 Å². The van der Waals surface area contributed by atoms with E-state index in [2.05, 4.69) is 29.4 Å². The predicted octanol–water partition coefficient (Wildman–Crippen LogP) is 2.11. The largest absolute Gasteiger partial charge is 0.315 e. The summed E-state index contributed by atoms with van der Waals surface area (Å²) in [5.41, 5.74) is 1.17. The lowest BCUT2D eigenvalue weighted by Gasteiger charge is -1.98. The molecular weight excluding hydrogens is 172 g/mol. The number of nitrogens with one attached hydrogen (secondary N) is 1. The Balaban J connectivity index is 2.15. The quantitative estimate of drug-likeness (QED) is 0.539. The van der Waals surface area contributed by atoms with Gasteiger partial charge in [0.1, 0.15) is 0 Å². The molecule has 0 saturated heterocycles. The first-order valence-corrected chi connectivity index (χ1v) is 5.19. The highest BCUT2D eigenvalue weighted by Gasteiger charge is 1.84. The Morgan fingerprint density at radius 3 is 2.71 bits per heavy atom. The minimum Gasteiger partial charge on any atom is -0.315 e. The first kappa shape index (κ1) is 10.9. The first-order chi connectivity index (χ1) is 6.93. The topological polar surface area (TPSA) is 24.4 Å². The molecule has 0 radical (unpaired) electrons. The third kappa shape index (κ3) is 4.77. The van der Waals surface area contributed by atoms with Gasteiger partial charge in [-0.3, -0.25) is 4.99 Å². The van der Waals surface area contributed by atoms with Crippen LogP contribution < -0.4 is 5.32 Å². The molecule has 1 aromatic rings. The number of aliphatic imine (C=N–C) groups is 1. The van der Waals surface area contributed by atoms with Gasteiger partial charge in [0.2, 0.25) is 0 Å². The molecule has 0 aliphatic rings. The van der Waals surface area contributed by atoms with Gasteiger partial charge in [-0.25, -0.2) is 0 Å². The Labute approximate surface area is 86.1 Å². The van der Waals surface area contributed by atoms with Crippen molar-refractivity contribution in [1.29, 1.82) is 0 Å². The molecule has 0 unspecified atom stereocenters. The smallest absolute Gasteiger partial charge is 0.0514 e. The summed E-state index contributed by atoms with van der Waals surface area (Å²) in [4.78, 5) is 4.33. The second kappa shape index (κ2) is 7.27. The molecule has 0 saturated carbocycles. The summed E-state index contributed by atoms with van der Waals surface area (Å²) in [6, 6.07) is 10.2. The fourth-order valence-corrected chi connectivity index (χ4v) is 1.15. The second-order valence-electron chi connectivity index (χ2n) is 3.20. The van der Waals surface area contributed by atoms with Crippen LogP contribution >= 0.6 is 0 Å². The molecule has 0 aliphatic heterocycles. The number of benzene rings is 1. The summed E-state index contributed by atoms with van der Waals surface area (Å²) in [5.74, 6) is 0. The average molecular weight is 190 g/mol. The molecule has 0 heterocycles. The van der Waals surface area contributed by atoms with Crippen molar-refractivity contribution in [3.63, 3.8) is 0 Å². The lowest BCUT2D eigenvalue weighted by molar-refractivity contribution is 0.679. The van der Waals surface area contributed by atoms with Crippen LogP contribution in [0.1, 0.15) is 18.9 Å². The van der Waals surface area contributed by atoms with E-state index in [1.807, 2.05) is 24.4 Å². The summed E-state index contributed by atoms with van der Waals surface area (Å²) in [6.45, 7) is 5.08. The van der Waals surface area contributed by atoms with Crippen LogP contribution in [0.2, 0.25) is 0 Å². The van der Waals surface area contributed by atoms with Crippen molar-refractivity contribution < 1.29 is 0 Å². The van der Waals surface area contributed by atoms with E-state index >= 15 is 0 Å². The minimum absolute atomic E-state index is 0.856. The molecule has 0 aromatic heterocycles. The van der Waals surface area contributed by atoms with Gasteiger partial charge in [0, 0.05) is 12.8 Å². The average Bonchev–Trinajstić information content (AvgIpc) is 2.25. The highest BCUT2D eigenvalue weighted by atomic mass is 14.9. The van der Waals surface area contributed by atoms with E-state index in [-0.39, 0.29) is 0 Å². The highest BCUT2D eigenvalue weighted by molar-refractivity contribution is 5.79. The zero-order chi connectivity index (χ0) is 10.1. The molecule has 76 valence electrons. The molecule has 0 aliphatic carbocycles. The Bertz CT molecular complexity index is 254. The van der Waals surface area contributed by atoms with Crippen LogP contribution in [0, 0.1) is 0 Å². The summed E-state index contributed by atoms with van der Waals surface area (Å²) >= 11 is 0. The molecule has 0 amide bonds.